The second-order valence-electron chi connectivity index (χ2n) is 3.44. The highest BCUT2D eigenvalue weighted by atomic mass is 16.2. The highest BCUT2D eigenvalue weighted by Crippen LogP contribution is 2.39. The minimum Gasteiger partial charge on any atom is -0.307 e. The van der Waals surface area contributed by atoms with Gasteiger partial charge in [0.2, 0.25) is 0 Å². The molecule has 0 saturated heterocycles. The van der Waals surface area contributed by atoms with Crippen LogP contribution in [0.1, 0.15) is 28.4 Å². The summed E-state index contributed by atoms with van der Waals surface area (Å²) in [5.74, 6) is 0.148. The molecule has 0 spiro atoms. The average Bonchev–Trinajstić information content (AvgIpc) is 2.72. The lowest BCUT2D eigenvalue weighted by Gasteiger charge is -2.13. The normalized spacial score (nSPS) is 23.5. The maximum Gasteiger partial charge on any atom is 0.258 e. The zero-order valence-electron chi connectivity index (χ0n) is 7.10. The van der Waals surface area contributed by atoms with Gasteiger partial charge in [0, 0.05) is 11.8 Å². The fourth-order valence-corrected chi connectivity index (χ4v) is 2.13. The zero-order chi connectivity index (χ0) is 8.84. The van der Waals surface area contributed by atoms with E-state index in [1.165, 1.54) is 5.56 Å². The van der Waals surface area contributed by atoms with Gasteiger partial charge in [-0.25, -0.2) is 0 Å². The van der Waals surface area contributed by atoms with Crippen LogP contribution in [0.4, 0.5) is 0 Å². The smallest absolute Gasteiger partial charge is 0.258 e. The van der Waals surface area contributed by atoms with Crippen molar-refractivity contribution < 1.29 is 4.79 Å². The van der Waals surface area contributed by atoms with Gasteiger partial charge in [-0.2, -0.15) is 0 Å². The van der Waals surface area contributed by atoms with Crippen molar-refractivity contribution in [3.63, 3.8) is 0 Å². The monoisotopic (exact) mass is 171 g/mol. The second kappa shape index (κ2) is 2.22. The summed E-state index contributed by atoms with van der Waals surface area (Å²) in [6, 6.07) is 8.15. The van der Waals surface area contributed by atoms with Gasteiger partial charge in [0.1, 0.15) is 0 Å². The maximum absolute atomic E-state index is 11.8. The van der Waals surface area contributed by atoms with E-state index >= 15 is 0 Å². The van der Waals surface area contributed by atoms with Crippen molar-refractivity contribution in [1.29, 1.82) is 0 Å². The predicted molar refractivity (Wildman–Crippen MR) is 49.1 cm³/mol. The van der Waals surface area contributed by atoms with Crippen molar-refractivity contribution in [2.45, 2.75) is 12.5 Å². The van der Waals surface area contributed by atoms with E-state index in [2.05, 4.69) is 6.08 Å². The summed E-state index contributed by atoms with van der Waals surface area (Å²) in [5.41, 5.74) is 2.05. The SMILES string of the molecule is O=C1c2ccccc2C2CC=CN12. The molecule has 2 aliphatic rings. The van der Waals surface area contributed by atoms with Gasteiger partial charge in [-0.15, -0.1) is 0 Å². The molecule has 64 valence electrons. The Hall–Kier alpha value is -1.57. The first kappa shape index (κ1) is 6.89. The van der Waals surface area contributed by atoms with Crippen molar-refractivity contribution >= 4 is 5.91 Å². The Morgan fingerprint density at radius 3 is 3.08 bits per heavy atom. The van der Waals surface area contributed by atoms with Crippen LogP contribution < -0.4 is 0 Å². The van der Waals surface area contributed by atoms with Crippen LogP contribution in [-0.2, 0) is 0 Å². The van der Waals surface area contributed by atoms with E-state index in [4.69, 9.17) is 0 Å². The second-order valence-corrected chi connectivity index (χ2v) is 3.44. The molecule has 1 aromatic carbocycles. The number of carbonyl (C=O) groups is 1. The number of hydrogen-bond donors (Lipinski definition) is 0. The lowest BCUT2D eigenvalue weighted by molar-refractivity contribution is 0.0821. The third-order valence-electron chi connectivity index (χ3n) is 2.75. The lowest BCUT2D eigenvalue weighted by Crippen LogP contribution is -2.17. The molecule has 0 N–H and O–H groups in total. The van der Waals surface area contributed by atoms with Crippen LogP contribution in [0.25, 0.3) is 0 Å². The summed E-state index contributed by atoms with van der Waals surface area (Å²) >= 11 is 0. The molecule has 2 nitrogen and oxygen atoms in total. The molecule has 1 atom stereocenters. The maximum atomic E-state index is 11.8. The summed E-state index contributed by atoms with van der Waals surface area (Å²) in [5, 5.41) is 0. The van der Waals surface area contributed by atoms with Crippen LogP contribution >= 0.6 is 0 Å². The largest absolute Gasteiger partial charge is 0.307 e. The van der Waals surface area contributed by atoms with Gasteiger partial charge in [0.05, 0.1) is 6.04 Å². The number of fused-ring (bicyclic) bond motifs is 3. The van der Waals surface area contributed by atoms with Crippen LogP contribution in [0.3, 0.4) is 0 Å². The standard InChI is InChI=1S/C11H9NO/c13-11-9-5-2-1-4-8(9)10-6-3-7-12(10)11/h1-5,7,10H,6H2. The molecule has 0 bridgehead atoms. The molecule has 3 rings (SSSR count). The minimum absolute atomic E-state index is 0.148. The number of benzene rings is 1. The van der Waals surface area contributed by atoms with Gasteiger partial charge in [0.15, 0.2) is 0 Å². The van der Waals surface area contributed by atoms with Crippen LogP contribution in [0, 0.1) is 0 Å². The molecule has 0 aliphatic carbocycles. The summed E-state index contributed by atoms with van der Waals surface area (Å²) < 4.78 is 0. The topological polar surface area (TPSA) is 20.3 Å². The van der Waals surface area contributed by atoms with Crippen molar-refractivity contribution in [3.05, 3.63) is 47.7 Å². The van der Waals surface area contributed by atoms with Gasteiger partial charge in [-0.3, -0.25) is 4.79 Å². The number of nitrogens with zero attached hydrogens (tertiary/aromatic N) is 1. The van der Waals surface area contributed by atoms with E-state index in [9.17, 15) is 4.79 Å². The average molecular weight is 171 g/mol. The van der Waals surface area contributed by atoms with E-state index in [1.807, 2.05) is 35.4 Å². The van der Waals surface area contributed by atoms with Crippen LogP contribution in [0.2, 0.25) is 0 Å². The van der Waals surface area contributed by atoms with E-state index in [1.54, 1.807) is 0 Å². The van der Waals surface area contributed by atoms with Crippen molar-refractivity contribution in [2.75, 3.05) is 0 Å². The van der Waals surface area contributed by atoms with Crippen LogP contribution in [-0.4, -0.2) is 10.8 Å². The third kappa shape index (κ3) is 0.750. The third-order valence-corrected chi connectivity index (χ3v) is 2.75. The lowest BCUT2D eigenvalue weighted by atomic mass is 10.0. The van der Waals surface area contributed by atoms with Crippen molar-refractivity contribution in [2.24, 2.45) is 0 Å². The molecule has 1 unspecified atom stereocenters. The highest BCUT2D eigenvalue weighted by Gasteiger charge is 2.36. The molecular weight excluding hydrogens is 162 g/mol. The first-order valence-electron chi connectivity index (χ1n) is 4.46. The molecule has 0 fully saturated rings. The van der Waals surface area contributed by atoms with E-state index < -0.39 is 0 Å². The Balaban J connectivity index is 2.21. The highest BCUT2D eigenvalue weighted by molar-refractivity contribution is 6.00. The Morgan fingerprint density at radius 2 is 2.15 bits per heavy atom. The van der Waals surface area contributed by atoms with E-state index in [0.717, 1.165) is 12.0 Å². The fourth-order valence-electron chi connectivity index (χ4n) is 2.13. The predicted octanol–water partition coefficient (Wildman–Crippen LogP) is 2.10. The molecule has 1 amide bonds. The van der Waals surface area contributed by atoms with Gasteiger partial charge < -0.3 is 4.90 Å². The molecule has 0 aromatic heterocycles. The fraction of sp³-hybridized carbons (Fsp3) is 0.182. The number of rotatable bonds is 0. The van der Waals surface area contributed by atoms with Gasteiger partial charge in [-0.1, -0.05) is 24.3 Å². The first-order valence-corrected chi connectivity index (χ1v) is 4.46. The first-order chi connectivity index (χ1) is 6.38. The Kier molecular flexibility index (Phi) is 1.18. The number of hydrogen-bond acceptors (Lipinski definition) is 1. The zero-order valence-corrected chi connectivity index (χ0v) is 7.10. The molecule has 1 aromatic rings. The van der Waals surface area contributed by atoms with E-state index in [-0.39, 0.29) is 11.9 Å². The summed E-state index contributed by atoms with van der Waals surface area (Å²) in [6.07, 6.45) is 4.91. The molecule has 2 aliphatic heterocycles. The van der Waals surface area contributed by atoms with Crippen LogP contribution in [0.5, 0.6) is 0 Å². The molecule has 13 heavy (non-hydrogen) atoms. The quantitative estimate of drug-likeness (QED) is 0.585. The van der Waals surface area contributed by atoms with Gasteiger partial charge in [-0.05, 0) is 18.1 Å². The number of carbonyl (C=O) groups excluding carboxylic acids is 1. The summed E-state index contributed by atoms with van der Waals surface area (Å²) in [6.45, 7) is 0. The van der Waals surface area contributed by atoms with Gasteiger partial charge >= 0.3 is 0 Å². The minimum atomic E-state index is 0.148. The van der Waals surface area contributed by atoms with Crippen molar-refractivity contribution in [1.82, 2.24) is 4.90 Å². The summed E-state index contributed by atoms with van der Waals surface area (Å²) in [4.78, 5) is 13.6. The Morgan fingerprint density at radius 1 is 1.31 bits per heavy atom. The Bertz CT molecular complexity index is 408. The Labute approximate surface area is 76.5 Å². The van der Waals surface area contributed by atoms with Crippen LogP contribution in [0.15, 0.2) is 36.5 Å². The van der Waals surface area contributed by atoms with Gasteiger partial charge in [0.25, 0.3) is 5.91 Å². The molecule has 2 heteroatoms. The molecular formula is C11H9NO. The molecule has 0 radical (unpaired) electrons. The number of amides is 1. The van der Waals surface area contributed by atoms with E-state index in [0.29, 0.717) is 0 Å². The summed E-state index contributed by atoms with van der Waals surface area (Å²) in [7, 11) is 0. The molecule has 2 heterocycles. The molecule has 0 saturated carbocycles. The van der Waals surface area contributed by atoms with Crippen molar-refractivity contribution in [3.8, 4) is 0 Å².